The highest BCUT2D eigenvalue weighted by Crippen LogP contribution is 2.22. The Labute approximate surface area is 146 Å². The minimum absolute atomic E-state index is 0.228. The van der Waals surface area contributed by atoms with Crippen molar-refractivity contribution in [1.29, 1.82) is 5.26 Å². The van der Waals surface area contributed by atoms with Gasteiger partial charge in [0.2, 0.25) is 0 Å². The SMILES string of the molecule is COC(=O)c1cc(N2CCN(C)CC2)nc(-c2ccc(C#N)cc2)n1. The van der Waals surface area contributed by atoms with Crippen molar-refractivity contribution in [1.82, 2.24) is 14.9 Å². The van der Waals surface area contributed by atoms with E-state index in [0.29, 0.717) is 17.2 Å². The molecule has 1 saturated heterocycles. The monoisotopic (exact) mass is 337 g/mol. The fraction of sp³-hybridized carbons (Fsp3) is 0.333. The van der Waals surface area contributed by atoms with Crippen LogP contribution >= 0.6 is 0 Å². The number of benzene rings is 1. The summed E-state index contributed by atoms with van der Waals surface area (Å²) in [6.07, 6.45) is 0. The largest absolute Gasteiger partial charge is 0.464 e. The van der Waals surface area contributed by atoms with Crippen molar-refractivity contribution in [3.63, 3.8) is 0 Å². The summed E-state index contributed by atoms with van der Waals surface area (Å²) >= 11 is 0. The molecule has 1 fully saturated rings. The van der Waals surface area contributed by atoms with Gasteiger partial charge in [-0.3, -0.25) is 0 Å². The van der Waals surface area contributed by atoms with E-state index >= 15 is 0 Å². The second-order valence-electron chi connectivity index (χ2n) is 5.91. The van der Waals surface area contributed by atoms with Crippen LogP contribution in [0.4, 0.5) is 5.82 Å². The molecule has 0 bridgehead atoms. The number of hydrogen-bond acceptors (Lipinski definition) is 7. The van der Waals surface area contributed by atoms with Gasteiger partial charge in [-0.15, -0.1) is 0 Å². The second-order valence-corrected chi connectivity index (χ2v) is 5.91. The van der Waals surface area contributed by atoms with Crippen LogP contribution in [0, 0.1) is 11.3 Å². The zero-order chi connectivity index (χ0) is 17.8. The Hall–Kier alpha value is -2.98. The number of anilines is 1. The number of carbonyl (C=O) groups is 1. The van der Waals surface area contributed by atoms with E-state index in [1.54, 1.807) is 30.3 Å². The van der Waals surface area contributed by atoms with Gasteiger partial charge in [0, 0.05) is 37.8 Å². The Morgan fingerprint density at radius 3 is 2.44 bits per heavy atom. The third kappa shape index (κ3) is 3.75. The molecule has 2 heterocycles. The van der Waals surface area contributed by atoms with Crippen LogP contribution in [-0.2, 0) is 4.74 Å². The van der Waals surface area contributed by atoms with Crippen LogP contribution in [0.25, 0.3) is 11.4 Å². The van der Waals surface area contributed by atoms with E-state index in [0.717, 1.165) is 31.7 Å². The number of ether oxygens (including phenoxy) is 1. The molecule has 0 spiro atoms. The van der Waals surface area contributed by atoms with Crippen LogP contribution in [0.3, 0.4) is 0 Å². The van der Waals surface area contributed by atoms with Crippen LogP contribution in [0.2, 0.25) is 0 Å². The number of hydrogen-bond donors (Lipinski definition) is 0. The third-order valence-electron chi connectivity index (χ3n) is 4.21. The fourth-order valence-corrected chi connectivity index (χ4v) is 2.66. The number of nitrogens with zero attached hydrogens (tertiary/aromatic N) is 5. The molecule has 1 aromatic carbocycles. The molecule has 0 aliphatic carbocycles. The molecule has 0 unspecified atom stereocenters. The summed E-state index contributed by atoms with van der Waals surface area (Å²) in [6, 6.07) is 10.7. The Morgan fingerprint density at radius 1 is 1.16 bits per heavy atom. The average Bonchev–Trinajstić information content (AvgIpc) is 2.67. The van der Waals surface area contributed by atoms with E-state index in [9.17, 15) is 4.79 Å². The van der Waals surface area contributed by atoms with Gasteiger partial charge in [-0.1, -0.05) is 0 Å². The number of methoxy groups -OCH3 is 1. The zero-order valence-corrected chi connectivity index (χ0v) is 14.3. The molecule has 0 atom stereocenters. The molecule has 0 amide bonds. The highest BCUT2D eigenvalue weighted by atomic mass is 16.5. The smallest absolute Gasteiger partial charge is 0.356 e. The van der Waals surface area contributed by atoms with Gasteiger partial charge in [-0.25, -0.2) is 14.8 Å². The van der Waals surface area contributed by atoms with Crippen LogP contribution in [0.15, 0.2) is 30.3 Å². The molecule has 0 N–H and O–H groups in total. The number of likely N-dealkylation sites (N-methyl/N-ethyl adjacent to an activating group) is 1. The topological polar surface area (TPSA) is 82.4 Å². The standard InChI is InChI=1S/C18H19N5O2/c1-22-7-9-23(10-8-22)16-11-15(18(24)25-2)20-17(21-16)14-5-3-13(12-19)4-6-14/h3-6,11H,7-10H2,1-2H3. The number of piperazine rings is 1. The Kier molecular flexibility index (Phi) is 4.91. The van der Waals surface area contributed by atoms with Gasteiger partial charge >= 0.3 is 5.97 Å². The summed E-state index contributed by atoms with van der Waals surface area (Å²) in [7, 11) is 3.42. The van der Waals surface area contributed by atoms with Gasteiger partial charge in [0.1, 0.15) is 5.82 Å². The van der Waals surface area contributed by atoms with Crippen molar-refractivity contribution in [2.24, 2.45) is 0 Å². The lowest BCUT2D eigenvalue weighted by Crippen LogP contribution is -2.45. The summed E-state index contributed by atoms with van der Waals surface area (Å²) < 4.78 is 4.82. The predicted octanol–water partition coefficient (Wildman–Crippen LogP) is 1.55. The Morgan fingerprint density at radius 2 is 1.84 bits per heavy atom. The van der Waals surface area contributed by atoms with Crippen LogP contribution in [0.1, 0.15) is 16.1 Å². The van der Waals surface area contributed by atoms with Crippen molar-refractivity contribution >= 4 is 11.8 Å². The van der Waals surface area contributed by atoms with Crippen molar-refractivity contribution in [3.05, 3.63) is 41.6 Å². The number of aromatic nitrogens is 2. The molecule has 2 aromatic rings. The molecular formula is C18H19N5O2. The maximum atomic E-state index is 12.0. The van der Waals surface area contributed by atoms with Gasteiger partial charge < -0.3 is 14.5 Å². The van der Waals surface area contributed by atoms with Gasteiger partial charge in [0.25, 0.3) is 0 Å². The zero-order valence-electron chi connectivity index (χ0n) is 14.3. The summed E-state index contributed by atoms with van der Waals surface area (Å²) in [5.41, 5.74) is 1.54. The molecule has 128 valence electrons. The van der Waals surface area contributed by atoms with Crippen molar-refractivity contribution in [2.45, 2.75) is 0 Å². The van der Waals surface area contributed by atoms with Gasteiger partial charge in [-0.05, 0) is 31.3 Å². The molecule has 25 heavy (non-hydrogen) atoms. The Balaban J connectivity index is 2.00. The van der Waals surface area contributed by atoms with E-state index in [1.165, 1.54) is 7.11 Å². The predicted molar refractivity (Wildman–Crippen MR) is 93.2 cm³/mol. The van der Waals surface area contributed by atoms with Crippen LogP contribution < -0.4 is 4.90 Å². The summed E-state index contributed by atoms with van der Waals surface area (Å²) in [5, 5.41) is 8.93. The first kappa shape index (κ1) is 16.9. The van der Waals surface area contributed by atoms with E-state index < -0.39 is 5.97 Å². The molecule has 0 radical (unpaired) electrons. The molecular weight excluding hydrogens is 318 g/mol. The van der Waals surface area contributed by atoms with Crippen molar-refractivity contribution in [3.8, 4) is 17.5 Å². The van der Waals surface area contributed by atoms with E-state index in [-0.39, 0.29) is 5.69 Å². The highest BCUT2D eigenvalue weighted by Gasteiger charge is 2.20. The average molecular weight is 337 g/mol. The minimum Gasteiger partial charge on any atom is -0.464 e. The molecule has 1 aliphatic rings. The van der Waals surface area contributed by atoms with Gasteiger partial charge in [0.15, 0.2) is 11.5 Å². The highest BCUT2D eigenvalue weighted by molar-refractivity contribution is 5.88. The summed E-state index contributed by atoms with van der Waals surface area (Å²) in [4.78, 5) is 25.4. The first-order chi connectivity index (χ1) is 12.1. The van der Waals surface area contributed by atoms with Gasteiger partial charge in [0.05, 0.1) is 18.7 Å². The number of carbonyl (C=O) groups excluding carboxylic acids is 1. The van der Waals surface area contributed by atoms with Gasteiger partial charge in [-0.2, -0.15) is 5.26 Å². The minimum atomic E-state index is -0.493. The lowest BCUT2D eigenvalue weighted by atomic mass is 10.1. The Bertz CT molecular complexity index is 805. The lowest BCUT2D eigenvalue weighted by Gasteiger charge is -2.33. The van der Waals surface area contributed by atoms with Crippen molar-refractivity contribution < 1.29 is 9.53 Å². The fourth-order valence-electron chi connectivity index (χ4n) is 2.66. The third-order valence-corrected chi connectivity index (χ3v) is 4.21. The summed E-state index contributed by atoms with van der Waals surface area (Å²) in [5.74, 6) is 0.664. The summed E-state index contributed by atoms with van der Waals surface area (Å²) in [6.45, 7) is 3.54. The molecule has 1 aromatic heterocycles. The normalized spacial score (nSPS) is 14.8. The van der Waals surface area contributed by atoms with Crippen molar-refractivity contribution in [2.75, 3.05) is 45.2 Å². The van der Waals surface area contributed by atoms with E-state index in [4.69, 9.17) is 10.00 Å². The lowest BCUT2D eigenvalue weighted by molar-refractivity contribution is 0.0594. The molecule has 7 nitrogen and oxygen atoms in total. The maximum absolute atomic E-state index is 12.0. The molecule has 7 heteroatoms. The quantitative estimate of drug-likeness (QED) is 0.786. The van der Waals surface area contributed by atoms with Crippen LogP contribution in [-0.4, -0.2) is 61.2 Å². The maximum Gasteiger partial charge on any atom is 0.356 e. The number of nitriles is 1. The molecule has 1 aliphatic heterocycles. The first-order valence-electron chi connectivity index (χ1n) is 8.02. The van der Waals surface area contributed by atoms with Crippen LogP contribution in [0.5, 0.6) is 0 Å². The number of esters is 1. The first-order valence-corrected chi connectivity index (χ1v) is 8.02. The molecule has 3 rings (SSSR count). The van der Waals surface area contributed by atoms with E-state index in [1.807, 2.05) is 0 Å². The molecule has 0 saturated carbocycles. The second kappa shape index (κ2) is 7.28. The number of rotatable bonds is 3. The van der Waals surface area contributed by atoms with E-state index in [2.05, 4.69) is 32.9 Å².